The molecular formula is C10H10N2O2. The summed E-state index contributed by atoms with van der Waals surface area (Å²) in [6.07, 6.45) is 2.12. The third kappa shape index (κ3) is 0.968. The number of imidazole rings is 1. The highest BCUT2D eigenvalue weighted by Gasteiger charge is 2.27. The molecule has 72 valence electrons. The Hall–Kier alpha value is -1.71. The molecule has 0 bridgehead atoms. The van der Waals surface area contributed by atoms with Crippen LogP contribution in [0.25, 0.3) is 11.0 Å². The van der Waals surface area contributed by atoms with Gasteiger partial charge in [-0.3, -0.25) is 4.57 Å². The molecule has 1 saturated carbocycles. The second-order valence-corrected chi connectivity index (χ2v) is 3.73. The molecule has 1 aliphatic carbocycles. The van der Waals surface area contributed by atoms with Crippen molar-refractivity contribution in [3.63, 3.8) is 0 Å². The van der Waals surface area contributed by atoms with Crippen LogP contribution in [0.4, 0.5) is 0 Å². The first-order valence-corrected chi connectivity index (χ1v) is 4.69. The summed E-state index contributed by atoms with van der Waals surface area (Å²) in [6, 6.07) is 5.27. The summed E-state index contributed by atoms with van der Waals surface area (Å²) < 4.78 is 1.73. The van der Waals surface area contributed by atoms with Gasteiger partial charge in [-0.25, -0.2) is 4.79 Å². The van der Waals surface area contributed by atoms with Crippen molar-refractivity contribution in [1.82, 2.24) is 9.55 Å². The van der Waals surface area contributed by atoms with Gasteiger partial charge < -0.3 is 10.1 Å². The summed E-state index contributed by atoms with van der Waals surface area (Å²) in [4.78, 5) is 14.3. The number of fused-ring (bicyclic) bond motifs is 1. The zero-order valence-corrected chi connectivity index (χ0v) is 7.53. The smallest absolute Gasteiger partial charge is 0.326 e. The normalized spacial score (nSPS) is 16.3. The molecule has 1 fully saturated rings. The molecule has 1 aromatic carbocycles. The number of nitrogens with one attached hydrogen (secondary N) is 1. The van der Waals surface area contributed by atoms with Gasteiger partial charge >= 0.3 is 5.69 Å². The van der Waals surface area contributed by atoms with Crippen LogP contribution in [0.15, 0.2) is 23.0 Å². The van der Waals surface area contributed by atoms with Gasteiger partial charge in [0.15, 0.2) is 0 Å². The molecule has 1 aliphatic rings. The molecule has 1 aromatic heterocycles. The average Bonchev–Trinajstić information content (AvgIpc) is 2.90. The van der Waals surface area contributed by atoms with Crippen molar-refractivity contribution < 1.29 is 5.11 Å². The average molecular weight is 190 g/mol. The number of hydrogen-bond donors (Lipinski definition) is 2. The topological polar surface area (TPSA) is 58.0 Å². The Morgan fingerprint density at radius 3 is 2.93 bits per heavy atom. The Balaban J connectivity index is 2.39. The monoisotopic (exact) mass is 190 g/mol. The van der Waals surface area contributed by atoms with Crippen molar-refractivity contribution >= 4 is 11.0 Å². The third-order valence-corrected chi connectivity index (χ3v) is 2.61. The van der Waals surface area contributed by atoms with E-state index in [9.17, 15) is 9.90 Å². The highest BCUT2D eigenvalue weighted by Crippen LogP contribution is 2.36. The van der Waals surface area contributed by atoms with Crippen LogP contribution in [0.3, 0.4) is 0 Å². The molecule has 4 heteroatoms. The van der Waals surface area contributed by atoms with E-state index in [0.29, 0.717) is 6.04 Å². The first-order valence-electron chi connectivity index (χ1n) is 4.69. The molecule has 14 heavy (non-hydrogen) atoms. The number of nitrogens with zero attached hydrogens (tertiary/aromatic N) is 1. The van der Waals surface area contributed by atoms with Crippen molar-refractivity contribution in [1.29, 1.82) is 0 Å². The Kier molecular flexibility index (Phi) is 1.32. The van der Waals surface area contributed by atoms with E-state index < -0.39 is 0 Å². The van der Waals surface area contributed by atoms with Crippen LogP contribution >= 0.6 is 0 Å². The quantitative estimate of drug-likeness (QED) is 0.713. The predicted molar refractivity (Wildman–Crippen MR) is 52.5 cm³/mol. The first-order chi connectivity index (χ1) is 6.75. The molecule has 0 saturated heterocycles. The molecule has 0 unspecified atom stereocenters. The summed E-state index contributed by atoms with van der Waals surface area (Å²) in [5.41, 5.74) is 1.52. The maximum atomic E-state index is 11.6. The number of benzene rings is 1. The second-order valence-electron chi connectivity index (χ2n) is 3.73. The molecular weight excluding hydrogens is 180 g/mol. The Labute approximate surface area is 79.8 Å². The minimum atomic E-state index is -0.0758. The van der Waals surface area contributed by atoms with Gasteiger partial charge in [0.05, 0.1) is 11.0 Å². The molecule has 0 radical (unpaired) electrons. The highest BCUT2D eigenvalue weighted by molar-refractivity contribution is 5.77. The van der Waals surface area contributed by atoms with Crippen molar-refractivity contribution in [2.45, 2.75) is 18.9 Å². The van der Waals surface area contributed by atoms with Gasteiger partial charge in [0.2, 0.25) is 0 Å². The van der Waals surface area contributed by atoms with E-state index >= 15 is 0 Å². The minimum Gasteiger partial charge on any atom is -0.508 e. The third-order valence-electron chi connectivity index (χ3n) is 2.61. The minimum absolute atomic E-state index is 0.0758. The van der Waals surface area contributed by atoms with E-state index in [1.807, 2.05) is 0 Å². The Morgan fingerprint density at radius 1 is 1.43 bits per heavy atom. The molecule has 0 aliphatic heterocycles. The Bertz CT molecular complexity index is 549. The predicted octanol–water partition coefficient (Wildman–Crippen LogP) is 1.37. The number of aromatic amines is 1. The van der Waals surface area contributed by atoms with Crippen LogP contribution in [0, 0.1) is 0 Å². The number of aromatic hydroxyl groups is 1. The van der Waals surface area contributed by atoms with Crippen LogP contribution in [0.2, 0.25) is 0 Å². The van der Waals surface area contributed by atoms with Gasteiger partial charge in [0, 0.05) is 12.1 Å². The van der Waals surface area contributed by atoms with E-state index in [1.165, 1.54) is 0 Å². The number of aromatic nitrogens is 2. The molecule has 0 amide bonds. The highest BCUT2D eigenvalue weighted by atomic mass is 16.3. The molecule has 2 N–H and O–H groups in total. The lowest BCUT2D eigenvalue weighted by atomic mass is 10.3. The number of phenolic OH excluding ortho intramolecular Hbond substituents is 1. The summed E-state index contributed by atoms with van der Waals surface area (Å²) >= 11 is 0. The van der Waals surface area contributed by atoms with Gasteiger partial charge in [-0.1, -0.05) is 0 Å². The maximum Gasteiger partial charge on any atom is 0.326 e. The van der Waals surface area contributed by atoms with Gasteiger partial charge in [-0.05, 0) is 25.0 Å². The van der Waals surface area contributed by atoms with E-state index in [0.717, 1.165) is 23.9 Å². The van der Waals surface area contributed by atoms with E-state index in [-0.39, 0.29) is 11.4 Å². The van der Waals surface area contributed by atoms with Gasteiger partial charge in [0.1, 0.15) is 5.75 Å². The number of rotatable bonds is 1. The molecule has 4 nitrogen and oxygen atoms in total. The molecule has 1 heterocycles. The van der Waals surface area contributed by atoms with Crippen LogP contribution in [-0.2, 0) is 0 Å². The van der Waals surface area contributed by atoms with Gasteiger partial charge in [-0.15, -0.1) is 0 Å². The largest absolute Gasteiger partial charge is 0.508 e. The lowest BCUT2D eigenvalue weighted by Crippen LogP contribution is -2.14. The van der Waals surface area contributed by atoms with E-state index in [4.69, 9.17) is 0 Å². The maximum absolute atomic E-state index is 11.6. The number of phenols is 1. The molecule has 2 aromatic rings. The lowest BCUT2D eigenvalue weighted by molar-refractivity contribution is 0.476. The fraction of sp³-hybridized carbons (Fsp3) is 0.300. The van der Waals surface area contributed by atoms with Crippen LogP contribution in [0.5, 0.6) is 5.75 Å². The second kappa shape index (κ2) is 2.41. The fourth-order valence-corrected chi connectivity index (χ4v) is 1.81. The zero-order chi connectivity index (χ0) is 9.71. The number of hydrogen-bond acceptors (Lipinski definition) is 2. The van der Waals surface area contributed by atoms with Crippen LogP contribution in [-0.4, -0.2) is 14.7 Å². The standard InChI is InChI=1S/C10H10N2O2/c13-7-3-4-8-9(5-7)12(6-1-2-6)10(14)11-8/h3-6,13H,1-2H2,(H,11,14). The molecule has 0 atom stereocenters. The Morgan fingerprint density at radius 2 is 2.21 bits per heavy atom. The van der Waals surface area contributed by atoms with E-state index in [2.05, 4.69) is 4.98 Å². The summed E-state index contributed by atoms with van der Waals surface area (Å²) in [6.45, 7) is 0. The summed E-state index contributed by atoms with van der Waals surface area (Å²) in [5, 5.41) is 9.34. The molecule has 0 spiro atoms. The van der Waals surface area contributed by atoms with E-state index in [1.54, 1.807) is 22.8 Å². The number of H-pyrrole nitrogens is 1. The van der Waals surface area contributed by atoms with Gasteiger partial charge in [0.25, 0.3) is 0 Å². The summed E-state index contributed by atoms with van der Waals surface area (Å²) in [5.74, 6) is 0.200. The van der Waals surface area contributed by atoms with Crippen molar-refractivity contribution in [3.05, 3.63) is 28.7 Å². The van der Waals surface area contributed by atoms with Crippen molar-refractivity contribution in [2.75, 3.05) is 0 Å². The van der Waals surface area contributed by atoms with Crippen molar-refractivity contribution in [2.24, 2.45) is 0 Å². The van der Waals surface area contributed by atoms with Gasteiger partial charge in [-0.2, -0.15) is 0 Å². The summed E-state index contributed by atoms with van der Waals surface area (Å²) in [7, 11) is 0. The first kappa shape index (κ1) is 7.67. The zero-order valence-electron chi connectivity index (χ0n) is 7.53. The van der Waals surface area contributed by atoms with Crippen LogP contribution in [0.1, 0.15) is 18.9 Å². The lowest BCUT2D eigenvalue weighted by Gasteiger charge is -1.99. The van der Waals surface area contributed by atoms with Crippen molar-refractivity contribution in [3.8, 4) is 5.75 Å². The SMILES string of the molecule is O=c1[nH]c2ccc(O)cc2n1C1CC1. The van der Waals surface area contributed by atoms with Crippen LogP contribution < -0.4 is 5.69 Å². The molecule has 3 rings (SSSR count). The fourth-order valence-electron chi connectivity index (χ4n) is 1.81.